The highest BCUT2D eigenvalue weighted by Gasteiger charge is 2.20. The zero-order valence-electron chi connectivity index (χ0n) is 9.60. The summed E-state index contributed by atoms with van der Waals surface area (Å²) in [5.74, 6) is 0. The van der Waals surface area contributed by atoms with E-state index in [0.29, 0.717) is 0 Å². The van der Waals surface area contributed by atoms with Crippen LogP contribution in [0.1, 0.15) is 6.92 Å². The highest BCUT2D eigenvalue weighted by Crippen LogP contribution is 2.30. The zero-order valence-corrected chi connectivity index (χ0v) is 10.6. The average molecular weight is 291 g/mol. The Bertz CT molecular complexity index is 535. The maximum Gasteiger partial charge on any atom is 0.318 e. The molecule has 19 heavy (non-hydrogen) atoms. The highest BCUT2D eigenvalue weighted by atomic mass is 31.1. The molecule has 1 aromatic carbocycles. The van der Waals surface area contributed by atoms with Gasteiger partial charge < -0.3 is 10.2 Å². The Hall–Kier alpha value is -2.03. The molecule has 0 saturated heterocycles. The third kappa shape index (κ3) is 4.28. The van der Waals surface area contributed by atoms with E-state index in [-0.39, 0.29) is 5.69 Å². The number of benzene rings is 1. The minimum absolute atomic E-state index is 0.0497. The van der Waals surface area contributed by atoms with Gasteiger partial charge in [0.1, 0.15) is 11.9 Å². The molecule has 2 unspecified atom stereocenters. The first-order valence-corrected chi connectivity index (χ1v) is 6.16. The Kier molecular flexibility index (Phi) is 4.93. The molecule has 0 amide bonds. The molecular weight excluding hydrogens is 281 g/mol. The Balaban J connectivity index is 3.03. The number of nitro groups is 2. The summed E-state index contributed by atoms with van der Waals surface area (Å²) in [5.41, 5.74) is -1.00. The van der Waals surface area contributed by atoms with Gasteiger partial charge in [-0.3, -0.25) is 29.3 Å². The van der Waals surface area contributed by atoms with Gasteiger partial charge in [-0.25, -0.2) is 0 Å². The van der Waals surface area contributed by atoms with Gasteiger partial charge in [0.2, 0.25) is 0 Å². The molecule has 0 radical (unpaired) electrons. The van der Waals surface area contributed by atoms with Crippen molar-refractivity contribution in [3.8, 4) is 0 Å². The topological polar surface area (TPSA) is 145 Å². The van der Waals surface area contributed by atoms with Crippen LogP contribution in [0.2, 0.25) is 0 Å². The van der Waals surface area contributed by atoms with E-state index in [1.807, 2.05) is 0 Å². The van der Waals surface area contributed by atoms with Crippen LogP contribution in [0.3, 0.4) is 0 Å². The predicted molar refractivity (Wildman–Crippen MR) is 65.1 cm³/mol. The Morgan fingerprint density at radius 3 is 2.47 bits per heavy atom. The van der Waals surface area contributed by atoms with Crippen molar-refractivity contribution in [2.45, 2.75) is 13.2 Å². The van der Waals surface area contributed by atoms with Crippen LogP contribution >= 0.6 is 8.25 Å². The predicted octanol–water partition coefficient (Wildman–Crippen LogP) is 1.66. The molecule has 0 aromatic heterocycles. The fourth-order valence-electron chi connectivity index (χ4n) is 1.31. The van der Waals surface area contributed by atoms with Gasteiger partial charge in [-0.05, 0) is 13.0 Å². The van der Waals surface area contributed by atoms with Gasteiger partial charge in [0.05, 0.1) is 15.9 Å². The van der Waals surface area contributed by atoms with Crippen molar-refractivity contribution in [3.63, 3.8) is 0 Å². The van der Waals surface area contributed by atoms with Gasteiger partial charge >= 0.3 is 8.25 Å². The molecule has 2 N–H and O–H groups in total. The first-order valence-electron chi connectivity index (χ1n) is 4.90. The minimum Gasteiger partial charge on any atom is -0.354 e. The van der Waals surface area contributed by atoms with Crippen molar-refractivity contribution in [1.82, 2.24) is 0 Å². The van der Waals surface area contributed by atoms with E-state index in [4.69, 9.17) is 4.89 Å². The van der Waals surface area contributed by atoms with Gasteiger partial charge in [-0.15, -0.1) is 0 Å². The Labute approximate surface area is 107 Å². The second-order valence-corrected chi connectivity index (χ2v) is 4.15. The van der Waals surface area contributed by atoms with E-state index in [0.717, 1.165) is 18.2 Å². The molecule has 0 fully saturated rings. The van der Waals surface area contributed by atoms with E-state index in [1.165, 1.54) is 6.92 Å². The summed E-state index contributed by atoms with van der Waals surface area (Å²) in [4.78, 5) is 28.3. The lowest BCUT2D eigenvalue weighted by molar-refractivity contribution is -0.393. The van der Waals surface area contributed by atoms with Crippen LogP contribution in [0.5, 0.6) is 0 Å². The molecule has 104 valence electrons. The number of hydrogen-bond donors (Lipinski definition) is 2. The lowest BCUT2D eigenvalue weighted by atomic mass is 10.2. The van der Waals surface area contributed by atoms with Gasteiger partial charge in [-0.2, -0.15) is 0 Å². The van der Waals surface area contributed by atoms with Crippen molar-refractivity contribution in [2.75, 3.05) is 5.32 Å². The standard InChI is InChI=1S/C8H10N3O7P/c1-5(18-19(16)17)9-7-3-2-6(10(12)13)4-8(7)11(14)15/h2-5,9,19H,1H3,(H,16,17). The molecule has 0 aliphatic carbocycles. The summed E-state index contributed by atoms with van der Waals surface area (Å²) in [6.45, 7) is 1.37. The first kappa shape index (κ1) is 15.0. The normalized spacial score (nSPS) is 13.6. The molecule has 0 aliphatic rings. The van der Waals surface area contributed by atoms with Crippen molar-refractivity contribution in [3.05, 3.63) is 38.4 Å². The number of nitro benzene ring substituents is 2. The Morgan fingerprint density at radius 2 is 2.00 bits per heavy atom. The second-order valence-electron chi connectivity index (χ2n) is 3.39. The molecule has 0 bridgehead atoms. The zero-order chi connectivity index (χ0) is 14.6. The molecule has 1 aromatic rings. The largest absolute Gasteiger partial charge is 0.354 e. The van der Waals surface area contributed by atoms with Crippen LogP contribution in [0, 0.1) is 20.2 Å². The molecule has 10 nitrogen and oxygen atoms in total. The van der Waals surface area contributed by atoms with E-state index >= 15 is 0 Å². The average Bonchev–Trinajstić information content (AvgIpc) is 2.27. The van der Waals surface area contributed by atoms with E-state index in [1.54, 1.807) is 0 Å². The van der Waals surface area contributed by atoms with Gasteiger partial charge in [0.25, 0.3) is 11.4 Å². The summed E-state index contributed by atoms with van der Waals surface area (Å²) < 4.78 is 15.0. The lowest BCUT2D eigenvalue weighted by Crippen LogP contribution is -2.16. The van der Waals surface area contributed by atoms with Crippen molar-refractivity contribution in [1.29, 1.82) is 0 Å². The van der Waals surface area contributed by atoms with Gasteiger partial charge in [0, 0.05) is 6.07 Å². The number of rotatable bonds is 6. The summed E-state index contributed by atoms with van der Waals surface area (Å²) in [6, 6.07) is 2.99. The Morgan fingerprint density at radius 1 is 1.37 bits per heavy atom. The van der Waals surface area contributed by atoms with Crippen LogP contribution < -0.4 is 5.32 Å². The fourth-order valence-corrected chi connectivity index (χ4v) is 1.67. The third-order valence-corrected chi connectivity index (χ3v) is 2.58. The third-order valence-electron chi connectivity index (χ3n) is 2.03. The lowest BCUT2D eigenvalue weighted by Gasteiger charge is -2.13. The molecular formula is C8H10N3O7P. The van der Waals surface area contributed by atoms with Crippen molar-refractivity contribution >= 4 is 25.3 Å². The summed E-state index contributed by atoms with van der Waals surface area (Å²) in [6.07, 6.45) is -0.962. The molecule has 0 saturated carbocycles. The van der Waals surface area contributed by atoms with Crippen LogP contribution in [0.4, 0.5) is 17.1 Å². The van der Waals surface area contributed by atoms with E-state index < -0.39 is 35.7 Å². The fraction of sp³-hybridized carbons (Fsp3) is 0.250. The second kappa shape index (κ2) is 6.23. The van der Waals surface area contributed by atoms with E-state index in [2.05, 4.69) is 9.84 Å². The smallest absolute Gasteiger partial charge is 0.318 e. The monoisotopic (exact) mass is 291 g/mol. The van der Waals surface area contributed by atoms with Gasteiger partial charge in [-0.1, -0.05) is 0 Å². The summed E-state index contributed by atoms with van der Waals surface area (Å²) in [5, 5.41) is 23.8. The molecule has 0 aliphatic heterocycles. The number of hydrogen-bond acceptors (Lipinski definition) is 7. The molecule has 0 heterocycles. The number of nitrogens with one attached hydrogen (secondary N) is 1. The SMILES string of the molecule is CC(Nc1ccc([N+](=O)[O-])cc1[N+](=O)[O-])O[PH](=O)O. The van der Waals surface area contributed by atoms with Crippen LogP contribution in [0.25, 0.3) is 0 Å². The summed E-state index contributed by atoms with van der Waals surface area (Å²) in [7, 11) is -3.20. The highest BCUT2D eigenvalue weighted by molar-refractivity contribution is 7.32. The van der Waals surface area contributed by atoms with Crippen molar-refractivity contribution < 1.29 is 23.8 Å². The van der Waals surface area contributed by atoms with E-state index in [9.17, 15) is 24.8 Å². The number of non-ortho nitro benzene ring substituents is 1. The number of anilines is 1. The minimum atomic E-state index is -3.20. The number of nitrogens with zero attached hydrogens (tertiary/aromatic N) is 2. The van der Waals surface area contributed by atoms with Crippen LogP contribution in [0.15, 0.2) is 18.2 Å². The molecule has 11 heteroatoms. The maximum absolute atomic E-state index is 10.8. The van der Waals surface area contributed by atoms with Gasteiger partial charge in [0.15, 0.2) is 0 Å². The van der Waals surface area contributed by atoms with Crippen molar-refractivity contribution in [2.24, 2.45) is 0 Å². The quantitative estimate of drug-likeness (QED) is 0.348. The molecule has 1 rings (SSSR count). The first-order chi connectivity index (χ1) is 8.81. The molecule has 0 spiro atoms. The van der Waals surface area contributed by atoms with Crippen LogP contribution in [-0.2, 0) is 9.09 Å². The molecule has 2 atom stereocenters. The maximum atomic E-state index is 10.8. The van der Waals surface area contributed by atoms with Crippen LogP contribution in [-0.4, -0.2) is 21.0 Å². The summed E-state index contributed by atoms with van der Waals surface area (Å²) >= 11 is 0.